The third kappa shape index (κ3) is 4.47. The molecule has 0 saturated heterocycles. The molecule has 0 unspecified atom stereocenters. The lowest BCUT2D eigenvalue weighted by atomic mass is 10.2. The summed E-state index contributed by atoms with van der Waals surface area (Å²) in [6, 6.07) is 11.1. The Bertz CT molecular complexity index is 989. The average Bonchev–Trinajstić information content (AvgIpc) is 3.17. The van der Waals surface area contributed by atoms with Gasteiger partial charge in [0.2, 0.25) is 5.89 Å². The van der Waals surface area contributed by atoms with Crippen LogP contribution in [0.25, 0.3) is 11.5 Å². The molecule has 0 radical (unpaired) electrons. The number of carbonyl (C=O) groups excluding carboxylic acids is 1. The maximum atomic E-state index is 13.0. The van der Waals surface area contributed by atoms with Gasteiger partial charge in [0.05, 0.1) is 4.92 Å². The monoisotopic (exact) mass is 387 g/mol. The van der Waals surface area contributed by atoms with Crippen molar-refractivity contribution in [3.05, 3.63) is 70.4 Å². The Labute approximate surface area is 157 Å². The molecule has 0 amide bonds. The first-order valence-electron chi connectivity index (χ1n) is 8.09. The predicted molar refractivity (Wildman–Crippen MR) is 92.8 cm³/mol. The third-order valence-corrected chi connectivity index (χ3v) is 3.60. The Morgan fingerprint density at radius 2 is 1.93 bits per heavy atom. The number of aromatic nitrogens is 2. The van der Waals surface area contributed by atoms with Gasteiger partial charge < -0.3 is 13.9 Å². The van der Waals surface area contributed by atoms with Crippen molar-refractivity contribution in [2.75, 3.05) is 6.61 Å². The second kappa shape index (κ2) is 8.25. The second-order valence-electron chi connectivity index (χ2n) is 5.60. The summed E-state index contributed by atoms with van der Waals surface area (Å²) < 4.78 is 28.7. The zero-order chi connectivity index (χ0) is 20.1. The zero-order valence-corrected chi connectivity index (χ0v) is 14.6. The minimum absolute atomic E-state index is 0.0402. The molecule has 0 aliphatic rings. The molecule has 3 rings (SSSR count). The fourth-order valence-electron chi connectivity index (χ4n) is 2.26. The SMILES string of the molecule is C[C@@H](OC(=O)COc1ccccc1[N+](=O)[O-])c1nnc(-c2ccc(F)cc2)o1. The van der Waals surface area contributed by atoms with Gasteiger partial charge in [0, 0.05) is 11.6 Å². The highest BCUT2D eigenvalue weighted by atomic mass is 19.1. The van der Waals surface area contributed by atoms with Gasteiger partial charge in [-0.25, -0.2) is 9.18 Å². The van der Waals surface area contributed by atoms with Crippen LogP contribution in [0.4, 0.5) is 10.1 Å². The van der Waals surface area contributed by atoms with Crippen LogP contribution in [0.3, 0.4) is 0 Å². The van der Waals surface area contributed by atoms with Crippen molar-refractivity contribution >= 4 is 11.7 Å². The molecule has 9 nitrogen and oxygen atoms in total. The van der Waals surface area contributed by atoms with Gasteiger partial charge in [0.15, 0.2) is 18.5 Å². The van der Waals surface area contributed by atoms with Crippen LogP contribution >= 0.6 is 0 Å². The van der Waals surface area contributed by atoms with Gasteiger partial charge in [-0.05, 0) is 37.3 Å². The van der Waals surface area contributed by atoms with Crippen LogP contribution < -0.4 is 4.74 Å². The summed E-state index contributed by atoms with van der Waals surface area (Å²) in [6.45, 7) is 0.985. The largest absolute Gasteiger partial charge is 0.475 e. The van der Waals surface area contributed by atoms with E-state index in [9.17, 15) is 19.3 Å². The van der Waals surface area contributed by atoms with Crippen molar-refractivity contribution < 1.29 is 28.0 Å². The van der Waals surface area contributed by atoms with E-state index in [1.807, 2.05) is 0 Å². The van der Waals surface area contributed by atoms with Gasteiger partial charge in [0.25, 0.3) is 5.89 Å². The fraction of sp³-hybridized carbons (Fsp3) is 0.167. The molecule has 28 heavy (non-hydrogen) atoms. The summed E-state index contributed by atoms with van der Waals surface area (Å²) in [7, 11) is 0. The number of benzene rings is 2. The molecule has 1 atom stereocenters. The molecule has 1 heterocycles. The Hall–Kier alpha value is -3.82. The minimum Gasteiger partial charge on any atom is -0.475 e. The molecule has 0 saturated carbocycles. The number of hydrogen-bond acceptors (Lipinski definition) is 8. The first-order valence-corrected chi connectivity index (χ1v) is 8.09. The summed E-state index contributed by atoms with van der Waals surface area (Å²) in [4.78, 5) is 22.3. The Morgan fingerprint density at radius 3 is 2.64 bits per heavy atom. The molecule has 2 aromatic carbocycles. The highest BCUT2D eigenvalue weighted by Crippen LogP contribution is 2.26. The minimum atomic E-state index is -0.872. The van der Waals surface area contributed by atoms with Crippen LogP contribution in [0.5, 0.6) is 5.75 Å². The molecule has 0 aliphatic heterocycles. The number of halogens is 1. The van der Waals surface area contributed by atoms with E-state index in [2.05, 4.69) is 10.2 Å². The van der Waals surface area contributed by atoms with E-state index < -0.39 is 29.4 Å². The molecule has 10 heteroatoms. The molecular weight excluding hydrogens is 373 g/mol. The lowest BCUT2D eigenvalue weighted by molar-refractivity contribution is -0.385. The number of ether oxygens (including phenoxy) is 2. The van der Waals surface area contributed by atoms with Gasteiger partial charge in [0.1, 0.15) is 5.82 Å². The third-order valence-electron chi connectivity index (χ3n) is 3.60. The maximum Gasteiger partial charge on any atom is 0.344 e. The van der Waals surface area contributed by atoms with Crippen molar-refractivity contribution in [1.82, 2.24) is 10.2 Å². The Balaban J connectivity index is 1.59. The van der Waals surface area contributed by atoms with E-state index in [1.54, 1.807) is 6.07 Å². The van der Waals surface area contributed by atoms with Crippen molar-refractivity contribution in [2.45, 2.75) is 13.0 Å². The van der Waals surface area contributed by atoms with Gasteiger partial charge >= 0.3 is 11.7 Å². The number of carbonyl (C=O) groups is 1. The summed E-state index contributed by atoms with van der Waals surface area (Å²) in [5.74, 6) is -1.03. The van der Waals surface area contributed by atoms with Crippen LogP contribution in [0.1, 0.15) is 18.9 Å². The fourth-order valence-corrected chi connectivity index (χ4v) is 2.26. The molecule has 144 valence electrons. The number of rotatable bonds is 7. The van der Waals surface area contributed by atoms with Crippen LogP contribution in [-0.2, 0) is 9.53 Å². The smallest absolute Gasteiger partial charge is 0.344 e. The number of hydrogen-bond donors (Lipinski definition) is 0. The summed E-state index contributed by atoms with van der Waals surface area (Å²) >= 11 is 0. The van der Waals surface area contributed by atoms with E-state index in [4.69, 9.17) is 13.9 Å². The first-order chi connectivity index (χ1) is 13.4. The van der Waals surface area contributed by atoms with Crippen molar-refractivity contribution in [2.24, 2.45) is 0 Å². The normalized spacial score (nSPS) is 11.6. The van der Waals surface area contributed by atoms with Crippen molar-refractivity contribution in [1.29, 1.82) is 0 Å². The molecule has 0 N–H and O–H groups in total. The number of para-hydroxylation sites is 2. The highest BCUT2D eigenvalue weighted by molar-refractivity contribution is 5.71. The predicted octanol–water partition coefficient (Wildman–Crippen LogP) is 3.47. The summed E-state index contributed by atoms with van der Waals surface area (Å²) in [5, 5.41) is 18.6. The highest BCUT2D eigenvalue weighted by Gasteiger charge is 2.21. The first kappa shape index (κ1) is 19.0. The zero-order valence-electron chi connectivity index (χ0n) is 14.6. The van der Waals surface area contributed by atoms with Gasteiger partial charge in [-0.2, -0.15) is 0 Å². The quantitative estimate of drug-likeness (QED) is 0.344. The van der Waals surface area contributed by atoms with Crippen LogP contribution in [0.2, 0.25) is 0 Å². The van der Waals surface area contributed by atoms with E-state index in [-0.39, 0.29) is 23.2 Å². The Morgan fingerprint density at radius 1 is 1.21 bits per heavy atom. The standard InChI is InChI=1S/C18H14FN3O6/c1-11(17-20-21-18(28-17)12-6-8-13(19)9-7-12)27-16(23)10-26-15-5-3-2-4-14(15)22(24)25/h2-9,11H,10H2,1H3/t11-/m1/s1. The molecule has 0 aliphatic carbocycles. The Kier molecular flexibility index (Phi) is 5.58. The van der Waals surface area contributed by atoms with Crippen LogP contribution in [0.15, 0.2) is 52.9 Å². The van der Waals surface area contributed by atoms with Gasteiger partial charge in [-0.15, -0.1) is 10.2 Å². The topological polar surface area (TPSA) is 118 Å². The van der Waals surface area contributed by atoms with Crippen molar-refractivity contribution in [3.63, 3.8) is 0 Å². The number of nitrogens with zero attached hydrogens (tertiary/aromatic N) is 3. The van der Waals surface area contributed by atoms with E-state index in [1.165, 1.54) is 49.4 Å². The second-order valence-corrected chi connectivity index (χ2v) is 5.60. The van der Waals surface area contributed by atoms with E-state index >= 15 is 0 Å². The molecule has 0 fully saturated rings. The van der Waals surface area contributed by atoms with Gasteiger partial charge in [-0.3, -0.25) is 10.1 Å². The summed E-state index contributed by atoms with van der Waals surface area (Å²) in [5.41, 5.74) is 0.252. The lowest BCUT2D eigenvalue weighted by Crippen LogP contribution is -2.17. The maximum absolute atomic E-state index is 13.0. The van der Waals surface area contributed by atoms with Gasteiger partial charge in [-0.1, -0.05) is 12.1 Å². The van der Waals surface area contributed by atoms with Crippen molar-refractivity contribution in [3.8, 4) is 17.2 Å². The lowest BCUT2D eigenvalue weighted by Gasteiger charge is -2.10. The molecular formula is C18H14FN3O6. The number of esters is 1. The number of nitro groups is 1. The average molecular weight is 387 g/mol. The summed E-state index contributed by atoms with van der Waals surface area (Å²) in [6.07, 6.45) is -0.872. The molecule has 1 aromatic heterocycles. The van der Waals surface area contributed by atoms with Crippen LogP contribution in [-0.4, -0.2) is 27.7 Å². The van der Waals surface area contributed by atoms with E-state index in [0.717, 1.165) is 0 Å². The number of nitro benzene ring substituents is 1. The van der Waals surface area contributed by atoms with E-state index in [0.29, 0.717) is 5.56 Å². The molecule has 3 aromatic rings. The van der Waals surface area contributed by atoms with Crippen LogP contribution in [0, 0.1) is 15.9 Å². The molecule has 0 spiro atoms. The molecule has 0 bridgehead atoms.